The van der Waals surface area contributed by atoms with Gasteiger partial charge in [-0.1, -0.05) is 0 Å². The van der Waals surface area contributed by atoms with Crippen LogP contribution >= 0.6 is 0 Å². The summed E-state index contributed by atoms with van der Waals surface area (Å²) in [6.07, 6.45) is 0. The molecule has 0 spiro atoms. The molecule has 1 aliphatic heterocycles. The fourth-order valence-corrected chi connectivity index (χ4v) is 1.72. The van der Waals surface area contributed by atoms with Crippen molar-refractivity contribution in [1.29, 1.82) is 0 Å². The van der Waals surface area contributed by atoms with Gasteiger partial charge in [-0.15, -0.1) is 0 Å². The van der Waals surface area contributed by atoms with E-state index in [4.69, 9.17) is 10.5 Å². The number of amides is 1. The van der Waals surface area contributed by atoms with E-state index in [0.29, 0.717) is 13.2 Å². The summed E-state index contributed by atoms with van der Waals surface area (Å²) in [7, 11) is 0. The van der Waals surface area contributed by atoms with Crippen molar-refractivity contribution in [3.63, 3.8) is 0 Å². The molecule has 1 aromatic carbocycles. The fourth-order valence-electron chi connectivity index (χ4n) is 1.72. The van der Waals surface area contributed by atoms with Crippen LogP contribution in [0.15, 0.2) is 18.2 Å². The minimum Gasteiger partial charge on any atom is -0.378 e. The molecule has 0 radical (unpaired) electrons. The zero-order valence-corrected chi connectivity index (χ0v) is 8.78. The monoisotopic (exact) mass is 224 g/mol. The lowest BCUT2D eigenvalue weighted by molar-refractivity contribution is 0.0996. The normalized spacial score (nSPS) is 16.2. The van der Waals surface area contributed by atoms with Gasteiger partial charge >= 0.3 is 0 Å². The summed E-state index contributed by atoms with van der Waals surface area (Å²) in [5.41, 5.74) is 5.83. The van der Waals surface area contributed by atoms with Gasteiger partial charge in [-0.05, 0) is 18.2 Å². The number of halogens is 1. The number of nitrogens with two attached hydrogens (primary N) is 1. The Balaban J connectivity index is 2.27. The average molecular weight is 224 g/mol. The van der Waals surface area contributed by atoms with E-state index >= 15 is 0 Å². The highest BCUT2D eigenvalue weighted by Crippen LogP contribution is 2.19. The minimum atomic E-state index is -0.743. The van der Waals surface area contributed by atoms with Crippen molar-refractivity contribution < 1.29 is 13.9 Å². The second kappa shape index (κ2) is 4.49. The largest absolute Gasteiger partial charge is 0.378 e. The third-order valence-corrected chi connectivity index (χ3v) is 2.59. The van der Waals surface area contributed by atoms with Crippen molar-refractivity contribution in [2.24, 2.45) is 5.73 Å². The Morgan fingerprint density at radius 3 is 2.69 bits per heavy atom. The Bertz CT molecular complexity index is 403. The van der Waals surface area contributed by atoms with Gasteiger partial charge in [0.25, 0.3) is 5.91 Å². The van der Waals surface area contributed by atoms with Gasteiger partial charge < -0.3 is 15.4 Å². The Morgan fingerprint density at radius 2 is 2.06 bits per heavy atom. The standard InChI is InChI=1S/C11H13FN2O2/c12-10-2-1-8(7-9(10)11(13)15)14-3-5-16-6-4-14/h1-2,7H,3-6H2,(H2,13,15). The van der Waals surface area contributed by atoms with Gasteiger partial charge in [0.1, 0.15) is 5.82 Å². The smallest absolute Gasteiger partial charge is 0.251 e. The number of anilines is 1. The predicted octanol–water partition coefficient (Wildman–Crippen LogP) is 0.761. The molecule has 1 heterocycles. The number of benzene rings is 1. The van der Waals surface area contributed by atoms with E-state index in [-0.39, 0.29) is 5.56 Å². The molecule has 2 rings (SSSR count). The number of morpholine rings is 1. The van der Waals surface area contributed by atoms with Gasteiger partial charge in [-0.25, -0.2) is 4.39 Å². The van der Waals surface area contributed by atoms with Crippen LogP contribution in [0.1, 0.15) is 10.4 Å². The summed E-state index contributed by atoms with van der Waals surface area (Å²) in [6, 6.07) is 4.40. The molecule has 0 bridgehead atoms. The average Bonchev–Trinajstić information content (AvgIpc) is 2.30. The first-order valence-corrected chi connectivity index (χ1v) is 5.10. The molecule has 0 aliphatic carbocycles. The summed E-state index contributed by atoms with van der Waals surface area (Å²) in [4.78, 5) is 13.0. The van der Waals surface area contributed by atoms with E-state index in [1.54, 1.807) is 6.07 Å². The number of hydrogen-bond donors (Lipinski definition) is 1. The number of carbonyl (C=O) groups is 1. The van der Waals surface area contributed by atoms with Gasteiger partial charge in [0.15, 0.2) is 0 Å². The van der Waals surface area contributed by atoms with Crippen LogP contribution in [-0.2, 0) is 4.74 Å². The Kier molecular flexibility index (Phi) is 3.05. The van der Waals surface area contributed by atoms with Crippen LogP contribution in [0.3, 0.4) is 0 Å². The Hall–Kier alpha value is -1.62. The Morgan fingerprint density at radius 1 is 1.38 bits per heavy atom. The van der Waals surface area contributed by atoms with E-state index < -0.39 is 11.7 Å². The van der Waals surface area contributed by atoms with E-state index in [2.05, 4.69) is 0 Å². The molecule has 5 heteroatoms. The second-order valence-corrected chi connectivity index (χ2v) is 3.63. The summed E-state index contributed by atoms with van der Waals surface area (Å²) in [5.74, 6) is -1.32. The quantitative estimate of drug-likeness (QED) is 0.807. The fraction of sp³-hybridized carbons (Fsp3) is 0.364. The molecule has 0 atom stereocenters. The molecular weight excluding hydrogens is 211 g/mol. The SMILES string of the molecule is NC(=O)c1cc(N2CCOCC2)ccc1F. The number of nitrogens with zero attached hydrogens (tertiary/aromatic N) is 1. The molecule has 86 valence electrons. The van der Waals surface area contributed by atoms with Crippen molar-refractivity contribution in [2.45, 2.75) is 0 Å². The summed E-state index contributed by atoms with van der Waals surface area (Å²) < 4.78 is 18.5. The van der Waals surface area contributed by atoms with Crippen LogP contribution in [0.4, 0.5) is 10.1 Å². The first-order chi connectivity index (χ1) is 7.68. The number of hydrogen-bond acceptors (Lipinski definition) is 3. The number of primary amides is 1. The summed E-state index contributed by atoms with van der Waals surface area (Å²) in [6.45, 7) is 2.76. The highest BCUT2D eigenvalue weighted by atomic mass is 19.1. The molecule has 1 aliphatic rings. The molecule has 4 nitrogen and oxygen atoms in total. The molecule has 2 N–H and O–H groups in total. The van der Waals surface area contributed by atoms with Crippen LogP contribution in [0, 0.1) is 5.82 Å². The maximum atomic E-state index is 13.2. The first kappa shape index (κ1) is 10.9. The van der Waals surface area contributed by atoms with Gasteiger partial charge in [0.2, 0.25) is 0 Å². The third-order valence-electron chi connectivity index (χ3n) is 2.59. The van der Waals surface area contributed by atoms with Crippen LogP contribution in [-0.4, -0.2) is 32.2 Å². The van der Waals surface area contributed by atoms with E-state index in [0.717, 1.165) is 18.8 Å². The second-order valence-electron chi connectivity index (χ2n) is 3.63. The van der Waals surface area contributed by atoms with E-state index in [1.165, 1.54) is 12.1 Å². The van der Waals surface area contributed by atoms with Crippen LogP contribution < -0.4 is 10.6 Å². The van der Waals surface area contributed by atoms with Crippen molar-refractivity contribution in [3.05, 3.63) is 29.6 Å². The minimum absolute atomic E-state index is 0.0657. The highest BCUT2D eigenvalue weighted by molar-refractivity contribution is 5.94. The molecule has 0 unspecified atom stereocenters. The van der Waals surface area contributed by atoms with Crippen molar-refractivity contribution in [1.82, 2.24) is 0 Å². The van der Waals surface area contributed by atoms with Gasteiger partial charge in [0.05, 0.1) is 18.8 Å². The topological polar surface area (TPSA) is 55.6 Å². The van der Waals surface area contributed by atoms with Gasteiger partial charge in [-0.2, -0.15) is 0 Å². The maximum Gasteiger partial charge on any atom is 0.251 e. The molecule has 1 saturated heterocycles. The van der Waals surface area contributed by atoms with E-state index in [9.17, 15) is 9.18 Å². The molecule has 1 amide bonds. The van der Waals surface area contributed by atoms with Gasteiger partial charge in [0, 0.05) is 18.8 Å². The molecule has 0 saturated carbocycles. The lowest BCUT2D eigenvalue weighted by Crippen LogP contribution is -2.36. The molecule has 1 aromatic rings. The Labute approximate surface area is 92.8 Å². The number of rotatable bonds is 2. The maximum absolute atomic E-state index is 13.2. The molecule has 1 fully saturated rings. The van der Waals surface area contributed by atoms with Crippen molar-refractivity contribution in [2.75, 3.05) is 31.2 Å². The predicted molar refractivity (Wildman–Crippen MR) is 57.9 cm³/mol. The summed E-state index contributed by atoms with van der Waals surface area (Å²) >= 11 is 0. The zero-order chi connectivity index (χ0) is 11.5. The molecule has 16 heavy (non-hydrogen) atoms. The lowest BCUT2D eigenvalue weighted by atomic mass is 10.1. The van der Waals surface area contributed by atoms with Gasteiger partial charge in [-0.3, -0.25) is 4.79 Å². The first-order valence-electron chi connectivity index (χ1n) is 5.10. The van der Waals surface area contributed by atoms with Crippen molar-refractivity contribution in [3.8, 4) is 0 Å². The number of ether oxygens (including phenoxy) is 1. The molecular formula is C11H13FN2O2. The van der Waals surface area contributed by atoms with Crippen molar-refractivity contribution >= 4 is 11.6 Å². The number of carbonyl (C=O) groups excluding carboxylic acids is 1. The van der Waals surface area contributed by atoms with Crippen LogP contribution in [0.25, 0.3) is 0 Å². The highest BCUT2D eigenvalue weighted by Gasteiger charge is 2.15. The van der Waals surface area contributed by atoms with Crippen LogP contribution in [0.2, 0.25) is 0 Å². The van der Waals surface area contributed by atoms with Crippen LogP contribution in [0.5, 0.6) is 0 Å². The molecule has 0 aromatic heterocycles. The summed E-state index contributed by atoms with van der Waals surface area (Å²) in [5, 5.41) is 0. The third kappa shape index (κ3) is 2.14. The lowest BCUT2D eigenvalue weighted by Gasteiger charge is -2.29. The van der Waals surface area contributed by atoms with E-state index in [1.807, 2.05) is 4.90 Å². The zero-order valence-electron chi connectivity index (χ0n) is 8.78.